The van der Waals surface area contributed by atoms with Crippen molar-refractivity contribution in [3.63, 3.8) is 0 Å². The van der Waals surface area contributed by atoms with Crippen LogP contribution in [-0.4, -0.2) is 50.8 Å². The molecule has 0 saturated carbocycles. The maximum Gasteiger partial charge on any atom is 0.220 e. The molecule has 1 aromatic carbocycles. The van der Waals surface area contributed by atoms with Crippen molar-refractivity contribution in [1.82, 2.24) is 10.2 Å². The first-order valence-electron chi connectivity index (χ1n) is 9.00. The lowest BCUT2D eigenvalue weighted by atomic mass is 10.0. The number of carbonyl (C=O) groups excluding carboxylic acids is 1. The number of nitrogens with zero attached hydrogens (tertiary/aromatic N) is 1. The van der Waals surface area contributed by atoms with Gasteiger partial charge in [0, 0.05) is 26.1 Å². The van der Waals surface area contributed by atoms with Crippen molar-refractivity contribution in [2.24, 2.45) is 0 Å². The molecule has 1 fully saturated rings. The topological polar surface area (TPSA) is 50.8 Å². The zero-order chi connectivity index (χ0) is 18.2. The van der Waals surface area contributed by atoms with Crippen LogP contribution in [0.15, 0.2) is 41.1 Å². The Morgan fingerprint density at radius 2 is 2.04 bits per heavy atom. The summed E-state index contributed by atoms with van der Waals surface area (Å²) in [6, 6.07) is 10.3. The lowest BCUT2D eigenvalue weighted by molar-refractivity contribution is -0.121. The predicted octanol–water partition coefficient (Wildman–Crippen LogP) is 2.88. The van der Waals surface area contributed by atoms with E-state index in [1.54, 1.807) is 18.4 Å². The summed E-state index contributed by atoms with van der Waals surface area (Å²) in [6.07, 6.45) is 1.31. The molecule has 1 aliphatic rings. The molecule has 26 heavy (non-hydrogen) atoms. The Morgan fingerprint density at radius 3 is 2.69 bits per heavy atom. The summed E-state index contributed by atoms with van der Waals surface area (Å²) in [5.41, 5.74) is 2.41. The molecule has 2 aromatic rings. The minimum atomic E-state index is 0.1000. The van der Waals surface area contributed by atoms with E-state index in [0.717, 1.165) is 38.5 Å². The molecular formula is C20H26N2O3S. The Balaban J connectivity index is 1.59. The average molecular weight is 375 g/mol. The summed E-state index contributed by atoms with van der Waals surface area (Å²) >= 11 is 1.67. The number of aryl methyl sites for hydroxylation is 1. The zero-order valence-electron chi connectivity index (χ0n) is 15.1. The van der Waals surface area contributed by atoms with Crippen LogP contribution < -0.4 is 10.1 Å². The van der Waals surface area contributed by atoms with Gasteiger partial charge >= 0.3 is 0 Å². The highest BCUT2D eigenvalue weighted by Crippen LogP contribution is 2.23. The lowest BCUT2D eigenvalue weighted by Gasteiger charge is -2.35. The summed E-state index contributed by atoms with van der Waals surface area (Å²) in [7, 11) is 1.67. The van der Waals surface area contributed by atoms with E-state index in [1.165, 1.54) is 11.1 Å². The van der Waals surface area contributed by atoms with Gasteiger partial charge < -0.3 is 14.8 Å². The van der Waals surface area contributed by atoms with E-state index >= 15 is 0 Å². The minimum Gasteiger partial charge on any atom is -0.497 e. The van der Waals surface area contributed by atoms with Crippen LogP contribution in [0.4, 0.5) is 0 Å². The van der Waals surface area contributed by atoms with Crippen LogP contribution >= 0.6 is 11.3 Å². The third kappa shape index (κ3) is 5.30. The van der Waals surface area contributed by atoms with E-state index in [9.17, 15) is 4.79 Å². The fourth-order valence-electron chi connectivity index (χ4n) is 3.16. The van der Waals surface area contributed by atoms with Gasteiger partial charge in [-0.25, -0.2) is 0 Å². The zero-order valence-corrected chi connectivity index (χ0v) is 16.0. The first-order valence-corrected chi connectivity index (χ1v) is 9.94. The van der Waals surface area contributed by atoms with Crippen molar-refractivity contribution < 1.29 is 14.3 Å². The molecule has 0 radical (unpaired) electrons. The molecule has 1 saturated heterocycles. The van der Waals surface area contributed by atoms with Crippen molar-refractivity contribution in [1.29, 1.82) is 0 Å². The van der Waals surface area contributed by atoms with E-state index in [-0.39, 0.29) is 11.9 Å². The first-order chi connectivity index (χ1) is 12.8. The van der Waals surface area contributed by atoms with E-state index in [4.69, 9.17) is 9.47 Å². The molecule has 1 aromatic heterocycles. The summed E-state index contributed by atoms with van der Waals surface area (Å²) in [5.74, 6) is 0.942. The fourth-order valence-corrected chi connectivity index (χ4v) is 3.87. The molecule has 0 aliphatic carbocycles. The van der Waals surface area contributed by atoms with Gasteiger partial charge in [-0.3, -0.25) is 9.69 Å². The van der Waals surface area contributed by atoms with Gasteiger partial charge in [0.15, 0.2) is 0 Å². The second-order valence-electron chi connectivity index (χ2n) is 6.37. The van der Waals surface area contributed by atoms with Gasteiger partial charge in [0.1, 0.15) is 5.75 Å². The van der Waals surface area contributed by atoms with Crippen molar-refractivity contribution in [2.75, 3.05) is 40.0 Å². The van der Waals surface area contributed by atoms with E-state index in [0.29, 0.717) is 13.0 Å². The van der Waals surface area contributed by atoms with Gasteiger partial charge in [0.05, 0.1) is 26.4 Å². The number of carbonyl (C=O) groups is 1. The molecule has 1 unspecified atom stereocenters. The van der Waals surface area contributed by atoms with Crippen LogP contribution in [0.1, 0.15) is 23.6 Å². The first kappa shape index (κ1) is 18.9. The van der Waals surface area contributed by atoms with Gasteiger partial charge in [0.25, 0.3) is 0 Å². The van der Waals surface area contributed by atoms with Crippen molar-refractivity contribution in [2.45, 2.75) is 18.9 Å². The Labute approximate surface area is 158 Å². The fraction of sp³-hybridized carbons (Fsp3) is 0.450. The Bertz CT molecular complexity index is 667. The van der Waals surface area contributed by atoms with E-state index in [2.05, 4.69) is 33.8 Å². The number of rotatable bonds is 8. The number of methoxy groups -OCH3 is 1. The van der Waals surface area contributed by atoms with Gasteiger partial charge in [-0.05, 0) is 46.5 Å². The number of hydrogen-bond donors (Lipinski definition) is 1. The Kier molecular flexibility index (Phi) is 7.05. The molecule has 5 nitrogen and oxygen atoms in total. The third-order valence-electron chi connectivity index (χ3n) is 4.70. The molecule has 1 amide bonds. The van der Waals surface area contributed by atoms with Crippen LogP contribution in [0.25, 0.3) is 0 Å². The molecule has 1 atom stereocenters. The maximum atomic E-state index is 12.3. The number of hydrogen-bond acceptors (Lipinski definition) is 5. The van der Waals surface area contributed by atoms with Crippen LogP contribution in [0.2, 0.25) is 0 Å². The summed E-state index contributed by atoms with van der Waals surface area (Å²) in [5, 5.41) is 7.27. The quantitative estimate of drug-likeness (QED) is 0.772. The van der Waals surface area contributed by atoms with Gasteiger partial charge in [-0.1, -0.05) is 12.1 Å². The Morgan fingerprint density at radius 1 is 1.27 bits per heavy atom. The number of benzene rings is 1. The van der Waals surface area contributed by atoms with Crippen LogP contribution in [0, 0.1) is 0 Å². The normalized spacial score (nSPS) is 16.2. The van der Waals surface area contributed by atoms with Crippen LogP contribution in [-0.2, 0) is 16.0 Å². The highest BCUT2D eigenvalue weighted by Gasteiger charge is 2.23. The standard InChI is InChI=1S/C20H26N2O3S/c1-24-18-5-3-17(4-6-18)19(22-9-11-25-12-10-22)14-21-20(23)7-2-16-8-13-26-15-16/h3-6,8,13,15,19H,2,7,9-12,14H2,1H3,(H,21,23). The van der Waals surface area contributed by atoms with Crippen molar-refractivity contribution in [3.05, 3.63) is 52.2 Å². The van der Waals surface area contributed by atoms with E-state index in [1.807, 2.05) is 17.5 Å². The summed E-state index contributed by atoms with van der Waals surface area (Å²) in [6.45, 7) is 3.83. The number of thiophene rings is 1. The number of morpholine rings is 1. The molecule has 1 N–H and O–H groups in total. The van der Waals surface area contributed by atoms with Crippen LogP contribution in [0.3, 0.4) is 0 Å². The molecule has 0 bridgehead atoms. The second-order valence-corrected chi connectivity index (χ2v) is 7.15. The monoisotopic (exact) mass is 374 g/mol. The molecule has 6 heteroatoms. The van der Waals surface area contributed by atoms with Crippen LogP contribution in [0.5, 0.6) is 5.75 Å². The molecule has 1 aliphatic heterocycles. The number of ether oxygens (including phenoxy) is 2. The predicted molar refractivity (Wildman–Crippen MR) is 104 cm³/mol. The van der Waals surface area contributed by atoms with Gasteiger partial charge in [-0.15, -0.1) is 0 Å². The molecule has 3 rings (SSSR count). The summed E-state index contributed by atoms with van der Waals surface area (Å²) < 4.78 is 10.7. The maximum absolute atomic E-state index is 12.3. The lowest BCUT2D eigenvalue weighted by Crippen LogP contribution is -2.43. The van der Waals surface area contributed by atoms with Gasteiger partial charge in [0.2, 0.25) is 5.91 Å². The second kappa shape index (κ2) is 9.71. The molecule has 2 heterocycles. The highest BCUT2D eigenvalue weighted by atomic mass is 32.1. The smallest absolute Gasteiger partial charge is 0.220 e. The van der Waals surface area contributed by atoms with Crippen molar-refractivity contribution >= 4 is 17.2 Å². The molecule has 0 spiro atoms. The Hall–Kier alpha value is -1.89. The summed E-state index contributed by atoms with van der Waals surface area (Å²) in [4.78, 5) is 14.7. The van der Waals surface area contributed by atoms with E-state index < -0.39 is 0 Å². The minimum absolute atomic E-state index is 0.1000. The largest absolute Gasteiger partial charge is 0.497 e. The molecular weight excluding hydrogens is 348 g/mol. The average Bonchev–Trinajstić information content (AvgIpc) is 3.21. The highest BCUT2D eigenvalue weighted by molar-refractivity contribution is 7.07. The van der Waals surface area contributed by atoms with Crippen molar-refractivity contribution in [3.8, 4) is 5.75 Å². The number of nitrogens with one attached hydrogen (secondary N) is 1. The third-order valence-corrected chi connectivity index (χ3v) is 5.43. The number of amides is 1. The van der Waals surface area contributed by atoms with Gasteiger partial charge in [-0.2, -0.15) is 11.3 Å². The SMILES string of the molecule is COc1ccc(C(CNC(=O)CCc2ccsc2)N2CCOCC2)cc1. The molecule has 140 valence electrons.